The van der Waals surface area contributed by atoms with Crippen LogP contribution in [0.2, 0.25) is 10.0 Å². The zero-order valence-electron chi connectivity index (χ0n) is 13.1. The van der Waals surface area contributed by atoms with Crippen molar-refractivity contribution >= 4 is 40.2 Å². The Morgan fingerprint density at radius 3 is 2.60 bits per heavy atom. The second kappa shape index (κ2) is 8.01. The van der Waals surface area contributed by atoms with Crippen LogP contribution in [0, 0.1) is 0 Å². The van der Waals surface area contributed by atoms with Gasteiger partial charge in [-0.3, -0.25) is 4.79 Å². The first-order chi connectivity index (χ1) is 12.1. The highest BCUT2D eigenvalue weighted by molar-refractivity contribution is 7.07. The summed E-state index contributed by atoms with van der Waals surface area (Å²) in [7, 11) is 0. The molecule has 0 saturated carbocycles. The lowest BCUT2D eigenvalue weighted by molar-refractivity contribution is 0.301. The second-order valence-electron chi connectivity index (χ2n) is 5.31. The number of thiophene rings is 1. The van der Waals surface area contributed by atoms with E-state index in [9.17, 15) is 9.90 Å². The third kappa shape index (κ3) is 4.04. The molecule has 25 heavy (non-hydrogen) atoms. The van der Waals surface area contributed by atoms with Crippen LogP contribution in [0.4, 0.5) is 5.69 Å². The van der Waals surface area contributed by atoms with Crippen LogP contribution in [0.1, 0.15) is 5.56 Å². The maximum atomic E-state index is 12.6. The lowest BCUT2D eigenvalue weighted by Crippen LogP contribution is -2.30. The average molecular weight is 396 g/mol. The van der Waals surface area contributed by atoms with Crippen LogP contribution in [-0.2, 0) is 6.54 Å². The predicted octanol–water partition coefficient (Wildman–Crippen LogP) is 3.60. The first-order valence-corrected chi connectivity index (χ1v) is 9.20. The summed E-state index contributed by atoms with van der Waals surface area (Å²) in [5.74, 6) is 0. The van der Waals surface area contributed by atoms with Crippen molar-refractivity contribution in [2.75, 3.05) is 18.1 Å². The summed E-state index contributed by atoms with van der Waals surface area (Å²) in [5.41, 5.74) is 1.73. The van der Waals surface area contributed by atoms with E-state index in [2.05, 4.69) is 5.10 Å². The van der Waals surface area contributed by atoms with Crippen molar-refractivity contribution in [3.05, 3.63) is 73.3 Å². The van der Waals surface area contributed by atoms with Gasteiger partial charge in [-0.15, -0.1) is 0 Å². The molecule has 1 aromatic carbocycles. The number of nitrogens with zero attached hydrogens (tertiary/aromatic N) is 3. The fraction of sp³-hybridized carbons (Fsp3) is 0.176. The highest BCUT2D eigenvalue weighted by atomic mass is 35.5. The molecular weight excluding hydrogens is 381 g/mol. The van der Waals surface area contributed by atoms with E-state index < -0.39 is 5.56 Å². The summed E-state index contributed by atoms with van der Waals surface area (Å²) in [5, 5.41) is 18.2. The Hall–Kier alpha value is -1.86. The fourth-order valence-corrected chi connectivity index (χ4v) is 3.45. The Morgan fingerprint density at radius 1 is 1.20 bits per heavy atom. The molecule has 0 spiro atoms. The molecular formula is C17H15Cl2N3O2S. The molecule has 0 saturated heterocycles. The van der Waals surface area contributed by atoms with Crippen LogP contribution in [0.25, 0.3) is 5.69 Å². The van der Waals surface area contributed by atoms with E-state index in [4.69, 9.17) is 23.2 Å². The molecule has 0 aliphatic rings. The smallest absolute Gasteiger partial charge is 0.292 e. The van der Waals surface area contributed by atoms with Crippen LogP contribution in [0.3, 0.4) is 0 Å². The van der Waals surface area contributed by atoms with E-state index in [1.54, 1.807) is 41.8 Å². The first-order valence-electron chi connectivity index (χ1n) is 7.51. The normalized spacial score (nSPS) is 10.8. The summed E-state index contributed by atoms with van der Waals surface area (Å²) < 4.78 is 1.23. The standard InChI is InChI=1S/C17H15Cl2N3O2S/c18-13-1-3-14(4-2-13)22-17(24)16(19)15(9-20-22)21(6-7-23)10-12-5-8-25-11-12/h1-5,8-9,11,23H,6-7,10H2. The number of hydrogen-bond acceptors (Lipinski definition) is 5. The molecule has 0 atom stereocenters. The fourth-order valence-electron chi connectivity index (χ4n) is 2.42. The molecule has 1 N–H and O–H groups in total. The van der Waals surface area contributed by atoms with Gasteiger partial charge in [0.25, 0.3) is 5.56 Å². The highest BCUT2D eigenvalue weighted by Gasteiger charge is 2.16. The molecule has 3 aromatic rings. The second-order valence-corrected chi connectivity index (χ2v) is 6.91. The zero-order valence-corrected chi connectivity index (χ0v) is 15.4. The lowest BCUT2D eigenvalue weighted by atomic mass is 10.2. The van der Waals surface area contributed by atoms with Crippen LogP contribution < -0.4 is 10.5 Å². The van der Waals surface area contributed by atoms with E-state index in [0.29, 0.717) is 29.5 Å². The number of benzene rings is 1. The van der Waals surface area contributed by atoms with E-state index in [-0.39, 0.29) is 11.6 Å². The Balaban J connectivity index is 1.97. The maximum Gasteiger partial charge on any atom is 0.292 e. The van der Waals surface area contributed by atoms with E-state index >= 15 is 0 Å². The number of halogens is 2. The SMILES string of the molecule is O=c1c(Cl)c(N(CCO)Cc2ccsc2)cnn1-c1ccc(Cl)cc1. The monoisotopic (exact) mass is 395 g/mol. The summed E-state index contributed by atoms with van der Waals surface area (Å²) in [6, 6.07) is 8.75. The molecule has 0 unspecified atom stereocenters. The Morgan fingerprint density at radius 2 is 1.96 bits per heavy atom. The number of aliphatic hydroxyl groups is 1. The topological polar surface area (TPSA) is 58.4 Å². The van der Waals surface area contributed by atoms with Gasteiger partial charge in [-0.25, -0.2) is 0 Å². The molecule has 3 rings (SSSR count). The number of aromatic nitrogens is 2. The van der Waals surface area contributed by atoms with Gasteiger partial charge in [0.05, 0.1) is 24.2 Å². The summed E-state index contributed by atoms with van der Waals surface area (Å²) >= 11 is 13.8. The molecule has 2 aromatic heterocycles. The third-order valence-electron chi connectivity index (χ3n) is 3.64. The minimum atomic E-state index is -0.422. The third-order valence-corrected chi connectivity index (χ3v) is 4.98. The number of anilines is 1. The van der Waals surface area contributed by atoms with Gasteiger partial charge in [0.1, 0.15) is 5.02 Å². The lowest BCUT2D eigenvalue weighted by Gasteiger charge is -2.24. The Kier molecular flexibility index (Phi) is 5.75. The molecule has 5 nitrogen and oxygen atoms in total. The van der Waals surface area contributed by atoms with Gasteiger partial charge in [-0.05, 0) is 46.7 Å². The summed E-state index contributed by atoms with van der Waals surface area (Å²) in [4.78, 5) is 14.5. The van der Waals surface area contributed by atoms with Gasteiger partial charge in [0.2, 0.25) is 0 Å². The molecule has 0 aliphatic heterocycles. The van der Waals surface area contributed by atoms with Crippen LogP contribution in [0.15, 0.2) is 52.1 Å². The van der Waals surface area contributed by atoms with Crippen LogP contribution >= 0.6 is 34.5 Å². The highest BCUT2D eigenvalue weighted by Crippen LogP contribution is 2.24. The molecule has 0 radical (unpaired) electrons. The van der Waals surface area contributed by atoms with Gasteiger partial charge >= 0.3 is 0 Å². The predicted molar refractivity (Wildman–Crippen MR) is 102 cm³/mol. The van der Waals surface area contributed by atoms with Crippen molar-refractivity contribution in [1.82, 2.24) is 9.78 Å². The van der Waals surface area contributed by atoms with Crippen molar-refractivity contribution in [2.24, 2.45) is 0 Å². The van der Waals surface area contributed by atoms with Crippen molar-refractivity contribution in [3.63, 3.8) is 0 Å². The van der Waals surface area contributed by atoms with E-state index in [1.165, 1.54) is 4.68 Å². The largest absolute Gasteiger partial charge is 0.395 e. The van der Waals surface area contributed by atoms with Crippen molar-refractivity contribution < 1.29 is 5.11 Å². The quantitative estimate of drug-likeness (QED) is 0.692. The molecule has 0 fully saturated rings. The van der Waals surface area contributed by atoms with Crippen molar-refractivity contribution in [1.29, 1.82) is 0 Å². The van der Waals surface area contributed by atoms with Crippen LogP contribution in [-0.4, -0.2) is 28.0 Å². The number of aliphatic hydroxyl groups excluding tert-OH is 1. The van der Waals surface area contributed by atoms with Gasteiger partial charge in [0, 0.05) is 18.1 Å². The van der Waals surface area contributed by atoms with Gasteiger partial charge in [-0.1, -0.05) is 23.2 Å². The Bertz CT molecular complexity index is 895. The maximum absolute atomic E-state index is 12.6. The molecule has 130 valence electrons. The molecule has 0 bridgehead atoms. The zero-order chi connectivity index (χ0) is 17.8. The number of rotatable bonds is 6. The molecule has 2 heterocycles. The summed E-state index contributed by atoms with van der Waals surface area (Å²) in [6.45, 7) is 0.832. The summed E-state index contributed by atoms with van der Waals surface area (Å²) in [6.07, 6.45) is 1.54. The minimum absolute atomic E-state index is 0.0548. The minimum Gasteiger partial charge on any atom is -0.395 e. The van der Waals surface area contributed by atoms with Gasteiger partial charge in [-0.2, -0.15) is 21.1 Å². The van der Waals surface area contributed by atoms with Crippen molar-refractivity contribution in [3.8, 4) is 5.69 Å². The van der Waals surface area contributed by atoms with Crippen molar-refractivity contribution in [2.45, 2.75) is 6.54 Å². The van der Waals surface area contributed by atoms with Crippen LogP contribution in [0.5, 0.6) is 0 Å². The molecule has 0 aliphatic carbocycles. The first kappa shape index (κ1) is 17.9. The Labute approximate surface area is 158 Å². The average Bonchev–Trinajstić information content (AvgIpc) is 3.11. The van der Waals surface area contributed by atoms with E-state index in [0.717, 1.165) is 5.56 Å². The van der Waals surface area contributed by atoms with Gasteiger partial charge in [0.15, 0.2) is 0 Å². The van der Waals surface area contributed by atoms with Gasteiger partial charge < -0.3 is 10.0 Å². The number of hydrogen-bond donors (Lipinski definition) is 1. The molecule has 8 heteroatoms. The van der Waals surface area contributed by atoms with E-state index in [1.807, 2.05) is 21.7 Å². The molecule has 0 amide bonds.